The zero-order chi connectivity index (χ0) is 15.1. The highest BCUT2D eigenvalue weighted by Gasteiger charge is 2.23. The van der Waals surface area contributed by atoms with Crippen molar-refractivity contribution < 1.29 is 9.21 Å². The Hall–Kier alpha value is -1.55. The minimum atomic E-state index is 0.0228. The molecule has 0 radical (unpaired) electrons. The third kappa shape index (κ3) is 2.42. The van der Waals surface area contributed by atoms with Crippen molar-refractivity contribution in [1.82, 2.24) is 5.32 Å². The Bertz CT molecular complexity index is 718. The molecule has 0 spiro atoms. The Morgan fingerprint density at radius 2 is 2.00 bits per heavy atom. The summed E-state index contributed by atoms with van der Waals surface area (Å²) in [5, 5.41) is 2.90. The van der Waals surface area contributed by atoms with Crippen LogP contribution in [-0.2, 0) is 6.42 Å². The molecule has 0 saturated heterocycles. The van der Waals surface area contributed by atoms with Crippen LogP contribution >= 0.6 is 15.9 Å². The van der Waals surface area contributed by atoms with Crippen LogP contribution in [0, 0.1) is 20.8 Å². The summed E-state index contributed by atoms with van der Waals surface area (Å²) in [5.41, 5.74) is 5.32. The highest BCUT2D eigenvalue weighted by atomic mass is 79.9. The van der Waals surface area contributed by atoms with Crippen molar-refractivity contribution in [3.05, 3.63) is 57.5 Å². The van der Waals surface area contributed by atoms with Crippen molar-refractivity contribution in [2.75, 3.05) is 6.54 Å². The van der Waals surface area contributed by atoms with Crippen molar-refractivity contribution in [2.24, 2.45) is 0 Å². The van der Waals surface area contributed by atoms with Gasteiger partial charge in [0.25, 0.3) is 5.91 Å². The highest BCUT2D eigenvalue weighted by molar-refractivity contribution is 9.09. The summed E-state index contributed by atoms with van der Waals surface area (Å²) in [7, 11) is 0. The number of hydrogen-bond acceptors (Lipinski definition) is 2. The number of furan rings is 1. The van der Waals surface area contributed by atoms with Gasteiger partial charge in [-0.3, -0.25) is 4.79 Å². The van der Waals surface area contributed by atoms with E-state index in [2.05, 4.69) is 40.3 Å². The van der Waals surface area contributed by atoms with E-state index in [9.17, 15) is 4.79 Å². The second-order valence-electron chi connectivity index (χ2n) is 5.54. The van der Waals surface area contributed by atoms with Crippen LogP contribution < -0.4 is 5.32 Å². The fourth-order valence-electron chi connectivity index (χ4n) is 2.94. The first kappa shape index (κ1) is 14.4. The standard InChI is InChI=1S/C17H18BrNO2/c1-9-10(2)21-11(3)15(9)16(18)13-5-4-12-6-7-19-17(20)14(12)8-13/h4-5,8,16H,6-7H2,1-3H3,(H,19,20). The van der Waals surface area contributed by atoms with Gasteiger partial charge in [0.2, 0.25) is 0 Å². The molecule has 110 valence electrons. The number of alkyl halides is 1. The van der Waals surface area contributed by atoms with Crippen molar-refractivity contribution in [2.45, 2.75) is 32.0 Å². The van der Waals surface area contributed by atoms with Crippen LogP contribution in [0.5, 0.6) is 0 Å². The van der Waals surface area contributed by atoms with Gasteiger partial charge < -0.3 is 9.73 Å². The number of carbonyl (C=O) groups excluding carboxylic acids is 1. The summed E-state index contributed by atoms with van der Waals surface area (Å²) in [6, 6.07) is 6.15. The minimum absolute atomic E-state index is 0.0228. The predicted octanol–water partition coefficient (Wildman–Crippen LogP) is 3.98. The molecule has 1 aliphatic rings. The van der Waals surface area contributed by atoms with Crippen molar-refractivity contribution in [3.8, 4) is 0 Å². The number of halogens is 1. The third-order valence-electron chi connectivity index (χ3n) is 4.22. The first-order chi connectivity index (χ1) is 9.99. The fraction of sp³-hybridized carbons (Fsp3) is 0.353. The Morgan fingerprint density at radius 3 is 2.67 bits per heavy atom. The molecule has 1 N–H and O–H groups in total. The summed E-state index contributed by atoms with van der Waals surface area (Å²) < 4.78 is 5.71. The summed E-state index contributed by atoms with van der Waals surface area (Å²) in [6.07, 6.45) is 0.900. The van der Waals surface area contributed by atoms with E-state index in [4.69, 9.17) is 4.42 Å². The lowest BCUT2D eigenvalue weighted by atomic mass is 9.94. The minimum Gasteiger partial charge on any atom is -0.466 e. The molecule has 0 fully saturated rings. The molecule has 0 bridgehead atoms. The largest absolute Gasteiger partial charge is 0.466 e. The van der Waals surface area contributed by atoms with Crippen molar-refractivity contribution in [1.29, 1.82) is 0 Å². The van der Waals surface area contributed by atoms with E-state index in [1.54, 1.807) is 0 Å². The number of rotatable bonds is 2. The molecule has 1 atom stereocenters. The molecule has 1 aromatic heterocycles. The quantitative estimate of drug-likeness (QED) is 0.835. The molecule has 0 aliphatic carbocycles. The Kier molecular flexibility index (Phi) is 3.66. The van der Waals surface area contributed by atoms with Crippen LogP contribution in [0.25, 0.3) is 0 Å². The topological polar surface area (TPSA) is 42.2 Å². The maximum Gasteiger partial charge on any atom is 0.251 e. The summed E-state index contributed by atoms with van der Waals surface area (Å²) in [5.74, 6) is 1.89. The fourth-order valence-corrected chi connectivity index (χ4v) is 3.89. The number of hydrogen-bond donors (Lipinski definition) is 1. The van der Waals surface area contributed by atoms with Gasteiger partial charge in [0.15, 0.2) is 0 Å². The van der Waals surface area contributed by atoms with E-state index in [1.165, 1.54) is 0 Å². The van der Waals surface area contributed by atoms with E-state index < -0.39 is 0 Å². The van der Waals surface area contributed by atoms with Gasteiger partial charge in [-0.1, -0.05) is 28.1 Å². The van der Waals surface area contributed by atoms with Gasteiger partial charge >= 0.3 is 0 Å². The van der Waals surface area contributed by atoms with Crippen molar-refractivity contribution >= 4 is 21.8 Å². The molecule has 3 rings (SSSR count). The molecule has 1 amide bonds. The van der Waals surface area contributed by atoms with Gasteiger partial charge in [0.1, 0.15) is 11.5 Å². The monoisotopic (exact) mass is 347 g/mol. The maximum atomic E-state index is 12.0. The number of fused-ring (bicyclic) bond motifs is 1. The van der Waals surface area contributed by atoms with Gasteiger partial charge in [-0.25, -0.2) is 0 Å². The van der Waals surface area contributed by atoms with Gasteiger partial charge in [0.05, 0.1) is 4.83 Å². The molecule has 1 unspecified atom stereocenters. The van der Waals surface area contributed by atoms with Crippen LogP contribution in [0.2, 0.25) is 0 Å². The third-order valence-corrected chi connectivity index (χ3v) is 5.21. The predicted molar refractivity (Wildman–Crippen MR) is 86.2 cm³/mol. The molecular formula is C17H18BrNO2. The van der Waals surface area contributed by atoms with E-state index in [0.29, 0.717) is 0 Å². The Labute approximate surface area is 132 Å². The van der Waals surface area contributed by atoms with Crippen molar-refractivity contribution in [3.63, 3.8) is 0 Å². The normalized spacial score (nSPS) is 15.5. The second-order valence-corrected chi connectivity index (χ2v) is 6.45. The molecule has 1 aliphatic heterocycles. The van der Waals surface area contributed by atoms with Gasteiger partial charge in [0, 0.05) is 17.7 Å². The Balaban J connectivity index is 2.04. The van der Waals surface area contributed by atoms with Gasteiger partial charge in [-0.15, -0.1) is 0 Å². The smallest absolute Gasteiger partial charge is 0.251 e. The van der Waals surface area contributed by atoms with Crippen LogP contribution in [0.3, 0.4) is 0 Å². The zero-order valence-electron chi connectivity index (χ0n) is 12.4. The van der Waals surface area contributed by atoms with Gasteiger partial charge in [-0.05, 0) is 49.9 Å². The molecule has 4 heteroatoms. The number of carbonyl (C=O) groups is 1. The van der Waals surface area contributed by atoms with E-state index >= 15 is 0 Å². The van der Waals surface area contributed by atoms with Gasteiger partial charge in [-0.2, -0.15) is 0 Å². The summed E-state index contributed by atoms with van der Waals surface area (Å²) in [4.78, 5) is 12.0. The van der Waals surface area contributed by atoms with Crippen LogP contribution in [0.4, 0.5) is 0 Å². The van der Waals surface area contributed by atoms with Crippen LogP contribution in [-0.4, -0.2) is 12.5 Å². The lowest BCUT2D eigenvalue weighted by molar-refractivity contribution is 0.0946. The molecule has 2 heterocycles. The summed E-state index contributed by atoms with van der Waals surface area (Å²) in [6.45, 7) is 6.75. The number of amides is 1. The Morgan fingerprint density at radius 1 is 1.24 bits per heavy atom. The van der Waals surface area contributed by atoms with E-state index in [1.807, 2.05) is 19.9 Å². The average Bonchev–Trinajstić information content (AvgIpc) is 2.71. The molecule has 0 saturated carbocycles. The SMILES string of the molecule is Cc1oc(C)c(C(Br)c2ccc3c(c2)C(=O)NCC3)c1C. The second kappa shape index (κ2) is 5.34. The molecule has 3 nitrogen and oxygen atoms in total. The number of aryl methyl sites for hydroxylation is 2. The van der Waals surface area contributed by atoms with E-state index in [-0.39, 0.29) is 10.7 Å². The number of nitrogens with one attached hydrogen (secondary N) is 1. The van der Waals surface area contributed by atoms with Crippen LogP contribution in [0.1, 0.15) is 49.0 Å². The first-order valence-electron chi connectivity index (χ1n) is 7.10. The molecule has 21 heavy (non-hydrogen) atoms. The molecule has 2 aromatic rings. The highest BCUT2D eigenvalue weighted by Crippen LogP contribution is 2.38. The first-order valence-corrected chi connectivity index (χ1v) is 8.02. The summed E-state index contributed by atoms with van der Waals surface area (Å²) >= 11 is 3.77. The number of benzene rings is 1. The average molecular weight is 348 g/mol. The lowest BCUT2D eigenvalue weighted by Crippen LogP contribution is -2.31. The van der Waals surface area contributed by atoms with Crippen LogP contribution in [0.15, 0.2) is 22.6 Å². The lowest BCUT2D eigenvalue weighted by Gasteiger charge is -2.19. The maximum absolute atomic E-state index is 12.0. The molecule has 1 aromatic carbocycles. The zero-order valence-corrected chi connectivity index (χ0v) is 14.0. The van der Waals surface area contributed by atoms with E-state index in [0.717, 1.165) is 52.3 Å². The molecular weight excluding hydrogens is 330 g/mol.